The van der Waals surface area contributed by atoms with Crippen molar-refractivity contribution < 1.29 is 9.13 Å². The number of hydrogen-bond donors (Lipinski definition) is 0. The second-order valence-electron chi connectivity index (χ2n) is 7.19. The molecular formula is C19H26O2P2. The summed E-state index contributed by atoms with van der Waals surface area (Å²) in [5.41, 5.74) is 1.09. The standard InChI is InChI=1S/C19H26O2P2/c20-22-18-14-8-7-13-17(18)19(23-21,15-9-3-1-4-10-15)16-11-5-2-6-12-16/h7-8,13-16H,1-6,9-12H2. The maximum Gasteiger partial charge on any atom is 0.192 e. The largest absolute Gasteiger partial charge is 0.274 e. The lowest BCUT2D eigenvalue weighted by Crippen LogP contribution is -2.42. The highest BCUT2D eigenvalue weighted by molar-refractivity contribution is 7.34. The maximum atomic E-state index is 12.7. The topological polar surface area (TPSA) is 34.1 Å². The molecular weight excluding hydrogens is 322 g/mol. The van der Waals surface area contributed by atoms with Gasteiger partial charge < -0.3 is 0 Å². The van der Waals surface area contributed by atoms with E-state index < -0.39 is 0 Å². The van der Waals surface area contributed by atoms with Crippen LogP contribution in [-0.4, -0.2) is 0 Å². The molecule has 4 heteroatoms. The van der Waals surface area contributed by atoms with Crippen molar-refractivity contribution in [3.05, 3.63) is 29.8 Å². The molecule has 0 amide bonds. The molecule has 2 aliphatic carbocycles. The summed E-state index contributed by atoms with van der Waals surface area (Å²) in [7, 11) is 0.299. The van der Waals surface area contributed by atoms with E-state index in [2.05, 4.69) is 6.07 Å². The van der Waals surface area contributed by atoms with Crippen LogP contribution in [0.15, 0.2) is 24.3 Å². The van der Waals surface area contributed by atoms with Gasteiger partial charge in [0.15, 0.2) is 16.9 Å². The van der Waals surface area contributed by atoms with Crippen LogP contribution in [0, 0.1) is 11.8 Å². The van der Waals surface area contributed by atoms with Gasteiger partial charge in [0.1, 0.15) is 0 Å². The smallest absolute Gasteiger partial charge is 0.192 e. The Hall–Kier alpha value is -0.580. The molecule has 0 radical (unpaired) electrons. The van der Waals surface area contributed by atoms with Gasteiger partial charge in [-0.3, -0.25) is 9.13 Å². The van der Waals surface area contributed by atoms with Gasteiger partial charge in [-0.05, 0) is 49.1 Å². The van der Waals surface area contributed by atoms with Gasteiger partial charge in [-0.15, -0.1) is 0 Å². The van der Waals surface area contributed by atoms with E-state index in [-0.39, 0.29) is 22.1 Å². The fourth-order valence-electron chi connectivity index (χ4n) is 4.95. The Morgan fingerprint density at radius 3 is 1.78 bits per heavy atom. The summed E-state index contributed by atoms with van der Waals surface area (Å²) < 4.78 is 24.4. The average Bonchev–Trinajstić information content (AvgIpc) is 2.65. The van der Waals surface area contributed by atoms with Crippen LogP contribution >= 0.6 is 16.9 Å². The van der Waals surface area contributed by atoms with Crippen LogP contribution in [0.4, 0.5) is 0 Å². The third-order valence-corrected chi connectivity index (χ3v) is 7.90. The summed E-state index contributed by atoms with van der Waals surface area (Å²) in [6.07, 6.45) is 12.2. The van der Waals surface area contributed by atoms with Crippen molar-refractivity contribution in [2.24, 2.45) is 11.8 Å². The lowest BCUT2D eigenvalue weighted by atomic mass is 9.66. The maximum absolute atomic E-state index is 12.7. The van der Waals surface area contributed by atoms with E-state index in [9.17, 15) is 9.13 Å². The van der Waals surface area contributed by atoms with E-state index in [4.69, 9.17) is 0 Å². The average molecular weight is 348 g/mol. The minimum absolute atomic E-state index is 0.0564. The van der Waals surface area contributed by atoms with Gasteiger partial charge in [0.05, 0.1) is 5.16 Å². The van der Waals surface area contributed by atoms with Crippen LogP contribution in [0.25, 0.3) is 0 Å². The Morgan fingerprint density at radius 2 is 1.30 bits per heavy atom. The monoisotopic (exact) mass is 348 g/mol. The molecule has 1 aromatic carbocycles. The van der Waals surface area contributed by atoms with Crippen molar-refractivity contribution in [2.75, 3.05) is 0 Å². The lowest BCUT2D eigenvalue weighted by Gasteiger charge is -2.45. The molecule has 0 heterocycles. The summed E-state index contributed by atoms with van der Waals surface area (Å²) in [6, 6.07) is 8.00. The van der Waals surface area contributed by atoms with Gasteiger partial charge in [0, 0.05) is 5.30 Å². The first-order valence-electron chi connectivity index (χ1n) is 9.10. The summed E-state index contributed by atoms with van der Waals surface area (Å²) in [6.45, 7) is 0. The highest BCUT2D eigenvalue weighted by Gasteiger charge is 2.49. The number of hydrogen-bond acceptors (Lipinski definition) is 2. The second kappa shape index (κ2) is 8.00. The van der Waals surface area contributed by atoms with Gasteiger partial charge in [0.25, 0.3) is 0 Å². The van der Waals surface area contributed by atoms with E-state index in [1.165, 1.54) is 38.5 Å². The van der Waals surface area contributed by atoms with Crippen LogP contribution in [-0.2, 0) is 14.3 Å². The van der Waals surface area contributed by atoms with Crippen molar-refractivity contribution in [1.82, 2.24) is 0 Å². The summed E-state index contributed by atoms with van der Waals surface area (Å²) >= 11 is 0. The van der Waals surface area contributed by atoms with Gasteiger partial charge in [-0.1, -0.05) is 56.7 Å². The quantitative estimate of drug-likeness (QED) is 0.589. The predicted octanol–water partition coefficient (Wildman–Crippen LogP) is 6.25. The molecule has 2 nitrogen and oxygen atoms in total. The minimum Gasteiger partial charge on any atom is -0.274 e. The van der Waals surface area contributed by atoms with Crippen LogP contribution in [0.1, 0.15) is 69.8 Å². The van der Waals surface area contributed by atoms with E-state index in [1.54, 1.807) is 0 Å². The highest BCUT2D eigenvalue weighted by atomic mass is 31.1. The third-order valence-electron chi connectivity index (χ3n) is 6.04. The Morgan fingerprint density at radius 1 is 0.783 bits per heavy atom. The SMILES string of the molecule is O=Pc1ccccc1C(P=O)(C1CCCCC1)C1CCCCC1. The van der Waals surface area contributed by atoms with Crippen LogP contribution in [0.2, 0.25) is 0 Å². The Labute approximate surface area is 142 Å². The fourth-order valence-corrected chi connectivity index (χ4v) is 6.65. The van der Waals surface area contributed by atoms with E-state index in [1.807, 2.05) is 18.2 Å². The summed E-state index contributed by atoms with van der Waals surface area (Å²) in [4.78, 5) is 0. The molecule has 2 aliphatic rings. The molecule has 0 aromatic heterocycles. The summed E-state index contributed by atoms with van der Waals surface area (Å²) in [5, 5.41) is 0.515. The Kier molecular flexibility index (Phi) is 6.00. The molecule has 3 rings (SSSR count). The van der Waals surface area contributed by atoms with Crippen LogP contribution in [0.5, 0.6) is 0 Å². The first-order valence-corrected chi connectivity index (χ1v) is 10.7. The zero-order valence-corrected chi connectivity index (χ0v) is 15.5. The molecule has 2 fully saturated rings. The Bertz CT molecular complexity index is 528. The molecule has 0 spiro atoms. The predicted molar refractivity (Wildman–Crippen MR) is 96.1 cm³/mol. The van der Waals surface area contributed by atoms with E-state index in [0.29, 0.717) is 11.8 Å². The number of benzene rings is 1. The zero-order valence-electron chi connectivity index (χ0n) is 13.7. The fraction of sp³-hybridized carbons (Fsp3) is 0.684. The molecule has 1 aromatic rings. The molecule has 0 unspecified atom stereocenters. The second-order valence-corrected chi connectivity index (χ2v) is 8.78. The zero-order chi connectivity index (χ0) is 16.1. The van der Waals surface area contributed by atoms with Gasteiger partial charge >= 0.3 is 0 Å². The van der Waals surface area contributed by atoms with E-state index in [0.717, 1.165) is 36.6 Å². The van der Waals surface area contributed by atoms with Gasteiger partial charge in [-0.25, -0.2) is 0 Å². The van der Waals surface area contributed by atoms with Gasteiger partial charge in [-0.2, -0.15) is 0 Å². The first kappa shape index (κ1) is 17.2. The molecule has 0 aliphatic heterocycles. The van der Waals surface area contributed by atoms with Crippen LogP contribution in [0.3, 0.4) is 0 Å². The van der Waals surface area contributed by atoms with Crippen LogP contribution < -0.4 is 5.30 Å². The molecule has 0 N–H and O–H groups in total. The molecule has 2 saturated carbocycles. The van der Waals surface area contributed by atoms with Crippen molar-refractivity contribution in [3.8, 4) is 0 Å². The molecule has 0 saturated heterocycles. The van der Waals surface area contributed by atoms with Crippen molar-refractivity contribution in [2.45, 2.75) is 69.4 Å². The van der Waals surface area contributed by atoms with Crippen molar-refractivity contribution in [3.63, 3.8) is 0 Å². The van der Waals surface area contributed by atoms with Crippen molar-refractivity contribution >= 4 is 22.2 Å². The van der Waals surface area contributed by atoms with E-state index >= 15 is 0 Å². The lowest BCUT2D eigenvalue weighted by molar-refractivity contribution is 0.170. The number of rotatable bonds is 5. The first-order chi connectivity index (χ1) is 11.3. The highest BCUT2D eigenvalue weighted by Crippen LogP contribution is 2.56. The summed E-state index contributed by atoms with van der Waals surface area (Å²) in [5.74, 6) is 0.919. The molecule has 0 bridgehead atoms. The normalized spacial score (nSPS) is 21.7. The molecule has 124 valence electrons. The van der Waals surface area contributed by atoms with Crippen molar-refractivity contribution in [1.29, 1.82) is 0 Å². The third kappa shape index (κ3) is 3.31. The van der Waals surface area contributed by atoms with Gasteiger partial charge in [0.2, 0.25) is 0 Å². The Balaban J connectivity index is 2.10. The molecule has 0 atom stereocenters. The molecule has 23 heavy (non-hydrogen) atoms. The minimum atomic E-state index is -0.325.